The van der Waals surface area contributed by atoms with Crippen LogP contribution in [0.25, 0.3) is 0 Å². The molecule has 2 aromatic carbocycles. The lowest BCUT2D eigenvalue weighted by Crippen LogP contribution is -2.36. The van der Waals surface area contributed by atoms with E-state index in [0.717, 1.165) is 16.7 Å². The van der Waals surface area contributed by atoms with E-state index in [1.807, 2.05) is 25.1 Å². The number of hydrogen-bond donors (Lipinski definition) is 1. The molecule has 0 atom stereocenters. The summed E-state index contributed by atoms with van der Waals surface area (Å²) in [5, 5.41) is 2.89. The molecular weight excluding hydrogens is 400 g/mol. The molecule has 30 heavy (non-hydrogen) atoms. The van der Waals surface area contributed by atoms with Gasteiger partial charge in [-0.05, 0) is 68.7 Å². The van der Waals surface area contributed by atoms with Gasteiger partial charge in [-0.1, -0.05) is 23.8 Å². The van der Waals surface area contributed by atoms with Crippen molar-refractivity contribution in [2.24, 2.45) is 0 Å². The van der Waals surface area contributed by atoms with Gasteiger partial charge in [0.05, 0.1) is 10.5 Å². The number of furan rings is 1. The Morgan fingerprint density at radius 3 is 2.40 bits per heavy atom. The molecule has 0 aliphatic carbocycles. The monoisotopic (exact) mass is 424 g/mol. The van der Waals surface area contributed by atoms with Gasteiger partial charge in [0.2, 0.25) is 10.0 Å². The van der Waals surface area contributed by atoms with Gasteiger partial charge in [-0.3, -0.25) is 4.79 Å². The second kappa shape index (κ2) is 7.74. The van der Waals surface area contributed by atoms with E-state index in [0.29, 0.717) is 40.6 Å². The van der Waals surface area contributed by atoms with Crippen LogP contribution in [0, 0.1) is 20.8 Å². The van der Waals surface area contributed by atoms with Gasteiger partial charge in [0, 0.05) is 18.8 Å². The maximum Gasteiger partial charge on any atom is 0.259 e. The fraction of sp³-hybridized carbons (Fsp3) is 0.261. The standard InChI is InChI=1S/C23H24N2O4S/c1-15-4-8-21(9-5-15)30(27,28)25-11-10-18-6-7-20(13-19(18)14-25)24-23(26)22-12-16(2)29-17(22)3/h4-9,12-13H,10-11,14H2,1-3H3,(H,24,26). The lowest BCUT2D eigenvalue weighted by molar-refractivity contribution is 0.102. The fourth-order valence-electron chi connectivity index (χ4n) is 3.73. The first-order valence-electron chi connectivity index (χ1n) is 9.81. The fourth-order valence-corrected chi connectivity index (χ4v) is 5.15. The Kier molecular flexibility index (Phi) is 5.26. The molecule has 0 radical (unpaired) electrons. The van der Waals surface area contributed by atoms with Crippen LogP contribution in [-0.2, 0) is 23.0 Å². The highest BCUT2D eigenvalue weighted by molar-refractivity contribution is 7.89. The van der Waals surface area contributed by atoms with Gasteiger partial charge in [0.1, 0.15) is 11.5 Å². The van der Waals surface area contributed by atoms with Crippen molar-refractivity contribution in [2.45, 2.75) is 38.6 Å². The molecular formula is C23H24N2O4S. The largest absolute Gasteiger partial charge is 0.466 e. The number of aryl methyl sites for hydroxylation is 3. The first kappa shape index (κ1) is 20.4. The van der Waals surface area contributed by atoms with Crippen LogP contribution >= 0.6 is 0 Å². The minimum absolute atomic E-state index is 0.246. The number of anilines is 1. The van der Waals surface area contributed by atoms with E-state index in [9.17, 15) is 13.2 Å². The zero-order chi connectivity index (χ0) is 21.5. The molecule has 3 aromatic rings. The van der Waals surface area contributed by atoms with E-state index in [-0.39, 0.29) is 12.5 Å². The molecule has 1 aliphatic heterocycles. The molecule has 0 fully saturated rings. The third-order valence-electron chi connectivity index (χ3n) is 5.39. The predicted octanol–water partition coefficient (Wildman–Crippen LogP) is 4.20. The Labute approximate surface area is 176 Å². The highest BCUT2D eigenvalue weighted by Gasteiger charge is 2.28. The molecule has 0 unspecified atom stereocenters. The van der Waals surface area contributed by atoms with E-state index in [4.69, 9.17) is 4.42 Å². The summed E-state index contributed by atoms with van der Waals surface area (Å²) in [5.41, 5.74) is 4.13. The number of nitrogens with zero attached hydrogens (tertiary/aromatic N) is 1. The van der Waals surface area contributed by atoms with Gasteiger partial charge in [-0.2, -0.15) is 4.31 Å². The van der Waals surface area contributed by atoms with Crippen LogP contribution in [0.3, 0.4) is 0 Å². The molecule has 7 heteroatoms. The summed E-state index contributed by atoms with van der Waals surface area (Å²) in [6.45, 7) is 6.19. The molecule has 0 saturated heterocycles. The number of carbonyl (C=O) groups is 1. The summed E-state index contributed by atoms with van der Waals surface area (Å²) in [4.78, 5) is 12.9. The number of nitrogens with one attached hydrogen (secondary N) is 1. The Morgan fingerprint density at radius 1 is 1.00 bits per heavy atom. The summed E-state index contributed by atoms with van der Waals surface area (Å²) in [5.74, 6) is 1.00. The summed E-state index contributed by atoms with van der Waals surface area (Å²) in [7, 11) is -3.57. The summed E-state index contributed by atoms with van der Waals surface area (Å²) >= 11 is 0. The number of rotatable bonds is 4. The van der Waals surface area contributed by atoms with Crippen molar-refractivity contribution in [1.82, 2.24) is 4.31 Å². The smallest absolute Gasteiger partial charge is 0.259 e. The topological polar surface area (TPSA) is 79.6 Å². The predicted molar refractivity (Wildman–Crippen MR) is 115 cm³/mol. The lowest BCUT2D eigenvalue weighted by atomic mass is 10.0. The van der Waals surface area contributed by atoms with Crippen molar-refractivity contribution in [2.75, 3.05) is 11.9 Å². The Balaban J connectivity index is 1.55. The number of hydrogen-bond acceptors (Lipinski definition) is 4. The van der Waals surface area contributed by atoms with E-state index < -0.39 is 10.0 Å². The number of carbonyl (C=O) groups excluding carboxylic acids is 1. The van der Waals surface area contributed by atoms with Crippen LogP contribution < -0.4 is 5.32 Å². The van der Waals surface area contributed by atoms with Crippen molar-refractivity contribution in [3.05, 3.63) is 82.3 Å². The van der Waals surface area contributed by atoms with Crippen molar-refractivity contribution in [3.63, 3.8) is 0 Å². The SMILES string of the molecule is Cc1ccc(S(=O)(=O)N2CCc3ccc(NC(=O)c4cc(C)oc4C)cc3C2)cc1. The van der Waals surface area contributed by atoms with Gasteiger partial charge in [0.15, 0.2) is 0 Å². The molecule has 1 N–H and O–H groups in total. The van der Waals surface area contributed by atoms with Crippen LogP contribution in [0.1, 0.15) is 38.6 Å². The molecule has 1 aliphatic rings. The number of amides is 1. The number of sulfonamides is 1. The average molecular weight is 425 g/mol. The second-order valence-corrected chi connectivity index (χ2v) is 9.60. The Hall–Kier alpha value is -2.90. The maximum absolute atomic E-state index is 13.0. The quantitative estimate of drug-likeness (QED) is 0.681. The van der Waals surface area contributed by atoms with Crippen LogP contribution in [-0.4, -0.2) is 25.2 Å². The first-order chi connectivity index (χ1) is 14.2. The molecule has 1 aromatic heterocycles. The lowest BCUT2D eigenvalue weighted by Gasteiger charge is -2.28. The minimum atomic E-state index is -3.57. The molecule has 4 rings (SSSR count). The third-order valence-corrected chi connectivity index (χ3v) is 7.25. The maximum atomic E-state index is 13.0. The van der Waals surface area contributed by atoms with Crippen LogP contribution in [0.4, 0.5) is 5.69 Å². The van der Waals surface area contributed by atoms with E-state index >= 15 is 0 Å². The van der Waals surface area contributed by atoms with E-state index in [1.165, 1.54) is 4.31 Å². The molecule has 0 bridgehead atoms. The van der Waals surface area contributed by atoms with Crippen molar-refractivity contribution >= 4 is 21.6 Å². The minimum Gasteiger partial charge on any atom is -0.466 e. The Bertz CT molecular complexity index is 1210. The van der Waals surface area contributed by atoms with Gasteiger partial charge in [0.25, 0.3) is 5.91 Å². The van der Waals surface area contributed by atoms with Crippen LogP contribution in [0.5, 0.6) is 0 Å². The second-order valence-electron chi connectivity index (χ2n) is 7.67. The number of benzene rings is 2. The zero-order valence-corrected chi connectivity index (χ0v) is 18.0. The van der Waals surface area contributed by atoms with Crippen molar-refractivity contribution in [3.8, 4) is 0 Å². The third kappa shape index (κ3) is 3.91. The molecule has 0 saturated carbocycles. The molecule has 0 spiro atoms. The van der Waals surface area contributed by atoms with E-state index in [2.05, 4.69) is 5.32 Å². The highest BCUT2D eigenvalue weighted by Crippen LogP contribution is 2.27. The normalized spacial score (nSPS) is 14.4. The van der Waals surface area contributed by atoms with Crippen LogP contribution in [0.2, 0.25) is 0 Å². The molecule has 1 amide bonds. The molecule has 156 valence electrons. The number of fused-ring (bicyclic) bond motifs is 1. The zero-order valence-electron chi connectivity index (χ0n) is 17.2. The summed E-state index contributed by atoms with van der Waals surface area (Å²) in [6, 6.07) is 14.3. The van der Waals surface area contributed by atoms with Gasteiger partial charge in [-0.25, -0.2) is 8.42 Å². The molecule has 6 nitrogen and oxygen atoms in total. The summed E-state index contributed by atoms with van der Waals surface area (Å²) < 4.78 is 33.0. The highest BCUT2D eigenvalue weighted by atomic mass is 32.2. The van der Waals surface area contributed by atoms with Crippen molar-refractivity contribution in [1.29, 1.82) is 0 Å². The molecule has 2 heterocycles. The average Bonchev–Trinajstić information content (AvgIpc) is 3.06. The van der Waals surface area contributed by atoms with E-state index in [1.54, 1.807) is 44.2 Å². The van der Waals surface area contributed by atoms with Gasteiger partial charge < -0.3 is 9.73 Å². The van der Waals surface area contributed by atoms with Crippen molar-refractivity contribution < 1.29 is 17.6 Å². The van der Waals surface area contributed by atoms with Gasteiger partial charge >= 0.3 is 0 Å². The first-order valence-corrected chi connectivity index (χ1v) is 11.2. The van der Waals surface area contributed by atoms with Gasteiger partial charge in [-0.15, -0.1) is 0 Å². The Morgan fingerprint density at radius 2 is 1.73 bits per heavy atom. The summed E-state index contributed by atoms with van der Waals surface area (Å²) in [6.07, 6.45) is 0.634. The van der Waals surface area contributed by atoms with Crippen LogP contribution in [0.15, 0.2) is 57.8 Å².